The van der Waals surface area contributed by atoms with E-state index in [9.17, 15) is 4.79 Å². The lowest BCUT2D eigenvalue weighted by Crippen LogP contribution is -2.36. The van der Waals surface area contributed by atoms with Crippen LogP contribution in [0.2, 0.25) is 0 Å². The molecule has 1 aliphatic rings. The van der Waals surface area contributed by atoms with Crippen LogP contribution in [0.5, 0.6) is 0 Å². The number of hydrogen-bond donors (Lipinski definition) is 2. The number of fused-ring (bicyclic) bond motifs is 1. The molecule has 31 heavy (non-hydrogen) atoms. The number of nitrogen functional groups attached to an aromatic ring is 1. The van der Waals surface area contributed by atoms with Gasteiger partial charge in [-0.05, 0) is 36.4 Å². The Hall–Kier alpha value is -3.98. The number of nitrogens with one attached hydrogen (secondary N) is 1. The lowest BCUT2D eigenvalue weighted by molar-refractivity contribution is 0.102. The Morgan fingerprint density at radius 1 is 1.06 bits per heavy atom. The second kappa shape index (κ2) is 8.04. The van der Waals surface area contributed by atoms with Crippen molar-refractivity contribution in [3.63, 3.8) is 0 Å². The Morgan fingerprint density at radius 3 is 2.74 bits per heavy atom. The number of carbonyl (C=O) groups excluding carboxylic acids is 1. The number of rotatable bonds is 4. The van der Waals surface area contributed by atoms with Gasteiger partial charge in [0.1, 0.15) is 17.0 Å². The summed E-state index contributed by atoms with van der Waals surface area (Å²) in [6, 6.07) is 14.7. The van der Waals surface area contributed by atoms with E-state index in [4.69, 9.17) is 14.9 Å². The summed E-state index contributed by atoms with van der Waals surface area (Å²) in [4.78, 5) is 27.9. The van der Waals surface area contributed by atoms with E-state index in [1.165, 1.54) is 0 Å². The van der Waals surface area contributed by atoms with Crippen molar-refractivity contribution in [1.82, 2.24) is 15.0 Å². The third kappa shape index (κ3) is 4.03. The number of pyridine rings is 2. The number of benzene rings is 1. The normalized spacial score (nSPS) is 14.0. The van der Waals surface area contributed by atoms with E-state index in [1.54, 1.807) is 36.5 Å². The molecule has 0 bridgehead atoms. The predicted molar refractivity (Wildman–Crippen MR) is 117 cm³/mol. The molecule has 3 N–H and O–H groups in total. The third-order valence-electron chi connectivity index (χ3n) is 4.98. The molecule has 4 aromatic rings. The van der Waals surface area contributed by atoms with E-state index in [-0.39, 0.29) is 5.91 Å². The van der Waals surface area contributed by atoms with E-state index in [0.717, 1.165) is 24.2 Å². The quantitative estimate of drug-likeness (QED) is 0.521. The van der Waals surface area contributed by atoms with Crippen molar-refractivity contribution in [3.05, 3.63) is 60.4 Å². The molecule has 0 aliphatic carbocycles. The number of carbonyl (C=O) groups is 1. The summed E-state index contributed by atoms with van der Waals surface area (Å²) in [7, 11) is 0. The number of hydrogen-bond acceptors (Lipinski definition) is 8. The molecule has 156 valence electrons. The molecule has 3 aromatic heterocycles. The van der Waals surface area contributed by atoms with Crippen molar-refractivity contribution in [1.29, 1.82) is 0 Å². The Balaban J connectivity index is 1.35. The van der Waals surface area contributed by atoms with Crippen molar-refractivity contribution in [2.45, 2.75) is 0 Å². The number of morpholine rings is 1. The maximum absolute atomic E-state index is 12.8. The van der Waals surface area contributed by atoms with Crippen LogP contribution in [-0.4, -0.2) is 47.2 Å². The van der Waals surface area contributed by atoms with Gasteiger partial charge in [-0.2, -0.15) is 4.98 Å². The van der Waals surface area contributed by atoms with Gasteiger partial charge in [0.15, 0.2) is 5.58 Å². The highest BCUT2D eigenvalue weighted by Crippen LogP contribution is 2.25. The molecule has 0 atom stereocenters. The van der Waals surface area contributed by atoms with E-state index >= 15 is 0 Å². The monoisotopic (exact) mass is 416 g/mol. The Bertz CT molecular complexity index is 1230. The molecule has 5 rings (SSSR count). The fourth-order valence-corrected chi connectivity index (χ4v) is 3.35. The summed E-state index contributed by atoms with van der Waals surface area (Å²) in [6.45, 7) is 2.78. The molecule has 0 unspecified atom stereocenters. The fourth-order valence-electron chi connectivity index (χ4n) is 3.35. The molecule has 1 fully saturated rings. The van der Waals surface area contributed by atoms with Gasteiger partial charge in [0.2, 0.25) is 0 Å². The van der Waals surface area contributed by atoms with Crippen LogP contribution in [0.4, 0.5) is 17.5 Å². The zero-order valence-corrected chi connectivity index (χ0v) is 16.6. The molecule has 1 aromatic carbocycles. The highest BCUT2D eigenvalue weighted by molar-refractivity contribution is 6.03. The van der Waals surface area contributed by atoms with Gasteiger partial charge in [0.25, 0.3) is 11.9 Å². The second-order valence-electron chi connectivity index (χ2n) is 7.11. The van der Waals surface area contributed by atoms with Crippen LogP contribution in [0.3, 0.4) is 0 Å². The van der Waals surface area contributed by atoms with Gasteiger partial charge < -0.3 is 25.1 Å². The maximum Gasteiger partial charge on any atom is 0.298 e. The van der Waals surface area contributed by atoms with Gasteiger partial charge in [0.05, 0.1) is 18.9 Å². The first-order valence-electron chi connectivity index (χ1n) is 9.89. The predicted octanol–water partition coefficient (Wildman–Crippen LogP) is 2.96. The van der Waals surface area contributed by atoms with Crippen molar-refractivity contribution in [2.75, 3.05) is 42.3 Å². The highest BCUT2D eigenvalue weighted by atomic mass is 16.5. The molecule has 0 radical (unpaired) electrons. The van der Waals surface area contributed by atoms with Gasteiger partial charge in [-0.1, -0.05) is 6.07 Å². The molecular formula is C22H20N6O3. The van der Waals surface area contributed by atoms with Gasteiger partial charge >= 0.3 is 0 Å². The number of amides is 1. The summed E-state index contributed by atoms with van der Waals surface area (Å²) >= 11 is 0. The lowest BCUT2D eigenvalue weighted by atomic mass is 10.1. The van der Waals surface area contributed by atoms with Crippen molar-refractivity contribution < 1.29 is 13.9 Å². The lowest BCUT2D eigenvalue weighted by Gasteiger charge is -2.24. The van der Waals surface area contributed by atoms with E-state index in [2.05, 4.69) is 20.3 Å². The number of ether oxygens (including phenoxy) is 1. The van der Waals surface area contributed by atoms with Gasteiger partial charge in [-0.15, -0.1) is 0 Å². The summed E-state index contributed by atoms with van der Waals surface area (Å²) in [5.41, 5.74) is 9.29. The molecule has 0 spiro atoms. The minimum absolute atomic E-state index is 0.293. The molecule has 1 amide bonds. The first-order chi connectivity index (χ1) is 15.2. The van der Waals surface area contributed by atoms with Crippen LogP contribution in [-0.2, 0) is 4.74 Å². The van der Waals surface area contributed by atoms with E-state index < -0.39 is 0 Å². The number of nitrogens with zero attached hydrogens (tertiary/aromatic N) is 4. The average molecular weight is 416 g/mol. The Kier molecular flexibility index (Phi) is 4.93. The summed E-state index contributed by atoms with van der Waals surface area (Å²) in [5, 5.41) is 2.87. The zero-order chi connectivity index (χ0) is 21.2. The fraction of sp³-hybridized carbons (Fsp3) is 0.182. The highest BCUT2D eigenvalue weighted by Gasteiger charge is 2.18. The maximum atomic E-state index is 12.8. The largest absolute Gasteiger partial charge is 0.423 e. The zero-order valence-electron chi connectivity index (χ0n) is 16.6. The van der Waals surface area contributed by atoms with Crippen molar-refractivity contribution >= 4 is 34.5 Å². The first kappa shape index (κ1) is 19.0. The smallest absolute Gasteiger partial charge is 0.298 e. The topological polar surface area (TPSA) is 119 Å². The standard InChI is InChI=1S/C22H20N6O3/c23-20-7-4-14(13-24-20)16-2-1-3-18(26-16)21(29)25-15-5-6-17-19(12-15)31-22(27-17)28-8-10-30-11-9-28/h1-7,12-13H,8-11H2,(H2,23,24)(H,25,29). The number of aromatic nitrogens is 3. The third-order valence-corrected chi connectivity index (χ3v) is 4.98. The van der Waals surface area contributed by atoms with Gasteiger partial charge in [-0.3, -0.25) is 4.79 Å². The summed E-state index contributed by atoms with van der Waals surface area (Å²) < 4.78 is 11.3. The van der Waals surface area contributed by atoms with Crippen LogP contribution in [0, 0.1) is 0 Å². The first-order valence-corrected chi connectivity index (χ1v) is 9.89. The molecule has 1 aliphatic heterocycles. The van der Waals surface area contributed by atoms with E-state index in [0.29, 0.717) is 47.7 Å². The van der Waals surface area contributed by atoms with Crippen LogP contribution in [0.15, 0.2) is 59.1 Å². The van der Waals surface area contributed by atoms with Gasteiger partial charge in [-0.25, -0.2) is 9.97 Å². The molecular weight excluding hydrogens is 396 g/mol. The molecule has 4 heterocycles. The van der Waals surface area contributed by atoms with E-state index in [1.807, 2.05) is 23.1 Å². The SMILES string of the molecule is Nc1ccc(-c2cccc(C(=O)Nc3ccc4nc(N5CCOCC5)oc4c3)n2)cn1. The van der Waals surface area contributed by atoms with Gasteiger partial charge in [0, 0.05) is 36.6 Å². The molecule has 0 saturated carbocycles. The molecule has 9 nitrogen and oxygen atoms in total. The van der Waals surface area contributed by atoms with Crippen LogP contribution in [0.1, 0.15) is 10.5 Å². The number of nitrogens with two attached hydrogens (primary N) is 1. The van der Waals surface area contributed by atoms with Crippen LogP contribution < -0.4 is 16.0 Å². The minimum atomic E-state index is -0.322. The Morgan fingerprint density at radius 2 is 1.94 bits per heavy atom. The average Bonchev–Trinajstić information content (AvgIpc) is 3.24. The number of anilines is 3. The number of oxazole rings is 1. The van der Waals surface area contributed by atoms with Crippen molar-refractivity contribution in [2.24, 2.45) is 0 Å². The summed E-state index contributed by atoms with van der Waals surface area (Å²) in [6.07, 6.45) is 1.63. The van der Waals surface area contributed by atoms with Crippen LogP contribution in [0.25, 0.3) is 22.4 Å². The minimum Gasteiger partial charge on any atom is -0.423 e. The second-order valence-corrected chi connectivity index (χ2v) is 7.11. The Labute approximate surface area is 177 Å². The summed E-state index contributed by atoms with van der Waals surface area (Å²) in [5.74, 6) is 0.106. The van der Waals surface area contributed by atoms with Crippen LogP contribution >= 0.6 is 0 Å². The molecule has 1 saturated heterocycles. The molecule has 9 heteroatoms. The van der Waals surface area contributed by atoms with Crippen molar-refractivity contribution in [3.8, 4) is 11.3 Å².